The van der Waals surface area contributed by atoms with Gasteiger partial charge in [-0.25, -0.2) is 0 Å². The van der Waals surface area contributed by atoms with Crippen LogP contribution in [0.5, 0.6) is 5.75 Å². The first-order valence-corrected chi connectivity index (χ1v) is 9.60. The van der Waals surface area contributed by atoms with Gasteiger partial charge in [-0.1, -0.05) is 27.7 Å². The average molecular weight is 412 g/mol. The summed E-state index contributed by atoms with van der Waals surface area (Å²) in [6.45, 7) is 1.92. The van der Waals surface area contributed by atoms with E-state index in [0.29, 0.717) is 16.9 Å². The number of hydrogen-bond donors (Lipinski definition) is 0. The van der Waals surface area contributed by atoms with E-state index in [1.807, 2.05) is 29.2 Å². The van der Waals surface area contributed by atoms with E-state index < -0.39 is 0 Å². The minimum absolute atomic E-state index is 0.130. The van der Waals surface area contributed by atoms with E-state index in [0.717, 1.165) is 36.2 Å². The Balaban J connectivity index is 1.44. The topological polar surface area (TPSA) is 68.5 Å². The molecule has 0 N–H and O–H groups in total. The second-order valence-electron chi connectivity index (χ2n) is 5.43. The molecule has 1 saturated heterocycles. The Kier molecular flexibility index (Phi) is 6.14. The molecule has 1 aromatic heterocycles. The number of likely N-dealkylation sites (tertiary alicyclic amines) is 1. The number of ether oxygens (including phenoxy) is 1. The SMILES string of the molecule is O=C(CSc1nnc(COc2ccc(Br)cc2)o1)N1CCCCC1. The van der Waals surface area contributed by atoms with Gasteiger partial charge in [0, 0.05) is 17.6 Å². The van der Waals surface area contributed by atoms with Gasteiger partial charge in [0.25, 0.3) is 11.1 Å². The molecule has 1 fully saturated rings. The molecule has 2 aromatic rings. The fraction of sp³-hybridized carbons (Fsp3) is 0.438. The number of aromatic nitrogens is 2. The molecule has 0 radical (unpaired) electrons. The van der Waals surface area contributed by atoms with Crippen LogP contribution in [-0.2, 0) is 11.4 Å². The summed E-state index contributed by atoms with van der Waals surface area (Å²) in [6.07, 6.45) is 3.39. The Morgan fingerprint density at radius 3 is 2.71 bits per heavy atom. The molecule has 1 amide bonds. The van der Waals surface area contributed by atoms with E-state index in [-0.39, 0.29) is 12.5 Å². The van der Waals surface area contributed by atoms with Gasteiger partial charge in [-0.3, -0.25) is 4.79 Å². The number of rotatable bonds is 6. The van der Waals surface area contributed by atoms with E-state index >= 15 is 0 Å². The minimum Gasteiger partial charge on any atom is -0.484 e. The lowest BCUT2D eigenvalue weighted by Crippen LogP contribution is -2.36. The Morgan fingerprint density at radius 1 is 1.21 bits per heavy atom. The van der Waals surface area contributed by atoms with Crippen LogP contribution < -0.4 is 4.74 Å². The van der Waals surface area contributed by atoms with Crippen LogP contribution >= 0.6 is 27.7 Å². The van der Waals surface area contributed by atoms with Gasteiger partial charge in [-0.15, -0.1) is 10.2 Å². The van der Waals surface area contributed by atoms with Gasteiger partial charge >= 0.3 is 0 Å². The number of halogens is 1. The fourth-order valence-electron chi connectivity index (χ4n) is 2.39. The van der Waals surface area contributed by atoms with E-state index in [4.69, 9.17) is 9.15 Å². The molecule has 0 aliphatic carbocycles. The third-order valence-electron chi connectivity index (χ3n) is 3.65. The number of carbonyl (C=O) groups is 1. The van der Waals surface area contributed by atoms with Crippen LogP contribution in [0.4, 0.5) is 0 Å². The highest BCUT2D eigenvalue weighted by molar-refractivity contribution is 9.10. The lowest BCUT2D eigenvalue weighted by molar-refractivity contribution is -0.129. The van der Waals surface area contributed by atoms with Crippen LogP contribution in [0.3, 0.4) is 0 Å². The lowest BCUT2D eigenvalue weighted by Gasteiger charge is -2.26. The van der Waals surface area contributed by atoms with Crippen LogP contribution in [-0.4, -0.2) is 39.8 Å². The maximum Gasteiger partial charge on any atom is 0.277 e. The summed E-state index contributed by atoms with van der Waals surface area (Å²) >= 11 is 4.65. The molecule has 3 rings (SSSR count). The molecule has 0 bridgehead atoms. The van der Waals surface area contributed by atoms with Crippen molar-refractivity contribution >= 4 is 33.6 Å². The van der Waals surface area contributed by atoms with Gasteiger partial charge in [-0.2, -0.15) is 0 Å². The van der Waals surface area contributed by atoms with Gasteiger partial charge in [0.05, 0.1) is 5.75 Å². The zero-order valence-corrected chi connectivity index (χ0v) is 15.5. The van der Waals surface area contributed by atoms with Crippen molar-refractivity contribution in [2.24, 2.45) is 0 Å². The molecule has 128 valence electrons. The summed E-state index contributed by atoms with van der Waals surface area (Å²) in [5.41, 5.74) is 0. The Labute approximate surface area is 153 Å². The standard InChI is InChI=1S/C16H18BrN3O3S/c17-12-4-6-13(7-5-12)22-10-14-18-19-16(23-14)24-11-15(21)20-8-2-1-3-9-20/h4-7H,1-3,8-11H2. The number of benzene rings is 1. The Hall–Kier alpha value is -1.54. The first kappa shape index (κ1) is 17.3. The summed E-state index contributed by atoms with van der Waals surface area (Å²) in [5, 5.41) is 8.29. The maximum absolute atomic E-state index is 12.1. The number of thioether (sulfide) groups is 1. The third-order valence-corrected chi connectivity index (χ3v) is 4.98. The molecule has 8 heteroatoms. The Bertz CT molecular complexity index is 671. The maximum atomic E-state index is 12.1. The van der Waals surface area contributed by atoms with Gasteiger partial charge in [0.2, 0.25) is 5.91 Å². The van der Waals surface area contributed by atoms with Crippen molar-refractivity contribution in [2.45, 2.75) is 31.1 Å². The highest BCUT2D eigenvalue weighted by atomic mass is 79.9. The second-order valence-corrected chi connectivity index (χ2v) is 7.28. The summed E-state index contributed by atoms with van der Waals surface area (Å²) in [4.78, 5) is 14.0. The van der Waals surface area contributed by atoms with Gasteiger partial charge < -0.3 is 14.1 Å². The van der Waals surface area contributed by atoms with Crippen LogP contribution in [0.1, 0.15) is 25.2 Å². The number of amides is 1. The fourth-order valence-corrected chi connectivity index (χ4v) is 3.34. The number of hydrogen-bond acceptors (Lipinski definition) is 6. The number of piperidine rings is 1. The smallest absolute Gasteiger partial charge is 0.277 e. The van der Waals surface area contributed by atoms with Crippen molar-refractivity contribution in [2.75, 3.05) is 18.8 Å². The molecule has 0 atom stereocenters. The lowest BCUT2D eigenvalue weighted by atomic mass is 10.1. The summed E-state index contributed by atoms with van der Waals surface area (Å²) in [6, 6.07) is 7.51. The third kappa shape index (κ3) is 4.98. The monoisotopic (exact) mass is 411 g/mol. The van der Waals surface area contributed by atoms with Gasteiger partial charge in [0.1, 0.15) is 5.75 Å². The van der Waals surface area contributed by atoms with Crippen LogP contribution in [0.2, 0.25) is 0 Å². The largest absolute Gasteiger partial charge is 0.484 e. The molecule has 2 heterocycles. The summed E-state index contributed by atoms with van der Waals surface area (Å²) < 4.78 is 12.1. The molecule has 6 nitrogen and oxygen atoms in total. The zero-order valence-electron chi connectivity index (χ0n) is 13.1. The molecule has 1 aliphatic heterocycles. The second kappa shape index (κ2) is 8.53. The van der Waals surface area contributed by atoms with Crippen molar-refractivity contribution in [3.8, 4) is 5.75 Å². The van der Waals surface area contributed by atoms with Crippen LogP contribution in [0.15, 0.2) is 38.4 Å². The summed E-state index contributed by atoms with van der Waals surface area (Å²) in [5.74, 6) is 1.58. The van der Waals surface area contributed by atoms with E-state index in [1.165, 1.54) is 18.2 Å². The molecular formula is C16H18BrN3O3S. The number of carbonyl (C=O) groups excluding carboxylic acids is 1. The van der Waals surface area contributed by atoms with Crippen molar-refractivity contribution in [3.05, 3.63) is 34.6 Å². The first-order chi connectivity index (χ1) is 11.7. The first-order valence-electron chi connectivity index (χ1n) is 7.82. The average Bonchev–Trinajstić information content (AvgIpc) is 3.08. The molecule has 0 saturated carbocycles. The van der Waals surface area contributed by atoms with Crippen molar-refractivity contribution in [1.82, 2.24) is 15.1 Å². The quantitative estimate of drug-likeness (QED) is 0.677. The van der Waals surface area contributed by atoms with Crippen molar-refractivity contribution in [3.63, 3.8) is 0 Å². The van der Waals surface area contributed by atoms with Crippen molar-refractivity contribution in [1.29, 1.82) is 0 Å². The molecule has 1 aliphatic rings. The zero-order chi connectivity index (χ0) is 16.8. The predicted molar refractivity (Wildman–Crippen MR) is 93.9 cm³/mol. The predicted octanol–water partition coefficient (Wildman–Crippen LogP) is 3.52. The van der Waals surface area contributed by atoms with E-state index in [9.17, 15) is 4.79 Å². The highest BCUT2D eigenvalue weighted by Crippen LogP contribution is 2.20. The highest BCUT2D eigenvalue weighted by Gasteiger charge is 2.18. The minimum atomic E-state index is 0.130. The molecule has 24 heavy (non-hydrogen) atoms. The molecule has 0 unspecified atom stereocenters. The normalized spacial score (nSPS) is 14.6. The summed E-state index contributed by atoms with van der Waals surface area (Å²) in [7, 11) is 0. The Morgan fingerprint density at radius 2 is 1.96 bits per heavy atom. The van der Waals surface area contributed by atoms with E-state index in [1.54, 1.807) is 0 Å². The van der Waals surface area contributed by atoms with Crippen LogP contribution in [0, 0.1) is 0 Å². The molecule has 0 spiro atoms. The number of nitrogens with zero attached hydrogens (tertiary/aromatic N) is 3. The molecular weight excluding hydrogens is 394 g/mol. The van der Waals surface area contributed by atoms with Gasteiger partial charge in [-0.05, 0) is 43.5 Å². The van der Waals surface area contributed by atoms with Gasteiger partial charge in [0.15, 0.2) is 6.61 Å². The van der Waals surface area contributed by atoms with Crippen LogP contribution in [0.25, 0.3) is 0 Å². The molecule has 1 aromatic carbocycles. The van der Waals surface area contributed by atoms with E-state index in [2.05, 4.69) is 26.1 Å². The van der Waals surface area contributed by atoms with Crippen molar-refractivity contribution < 1.29 is 13.9 Å².